The zero-order valence-corrected chi connectivity index (χ0v) is 10.3. The first-order valence-corrected chi connectivity index (χ1v) is 6.95. The molecule has 0 aliphatic heterocycles. The second-order valence-electron chi connectivity index (χ2n) is 3.68. The van der Waals surface area contributed by atoms with Gasteiger partial charge >= 0.3 is 0 Å². The lowest BCUT2D eigenvalue weighted by molar-refractivity contribution is 0.308. The standard InChI is InChI=1S/C11H12N2O4S/c14-18(15,16)7-3-6-17-11-9-4-1-2-5-10(9)12-8-13-11/h1-2,4-5,8H,3,6-7H2,(H,14,15,16). The number of hydrogen-bond acceptors (Lipinski definition) is 5. The highest BCUT2D eigenvalue weighted by Crippen LogP contribution is 2.20. The number of para-hydroxylation sites is 1. The first-order chi connectivity index (χ1) is 8.56. The van der Waals surface area contributed by atoms with E-state index in [1.807, 2.05) is 24.3 Å². The minimum absolute atomic E-state index is 0.167. The molecule has 0 aliphatic carbocycles. The predicted octanol–water partition coefficient (Wildman–Crippen LogP) is 1.29. The third kappa shape index (κ3) is 3.38. The maximum absolute atomic E-state index is 10.5. The van der Waals surface area contributed by atoms with Crippen LogP contribution in [-0.4, -0.2) is 35.3 Å². The van der Waals surface area contributed by atoms with Gasteiger partial charge in [0.1, 0.15) is 6.33 Å². The molecule has 7 heteroatoms. The first-order valence-electron chi connectivity index (χ1n) is 5.34. The van der Waals surface area contributed by atoms with Crippen molar-refractivity contribution < 1.29 is 17.7 Å². The lowest BCUT2D eigenvalue weighted by atomic mass is 10.2. The van der Waals surface area contributed by atoms with Crippen molar-refractivity contribution in [3.8, 4) is 5.88 Å². The van der Waals surface area contributed by atoms with E-state index in [1.165, 1.54) is 6.33 Å². The number of benzene rings is 1. The van der Waals surface area contributed by atoms with Gasteiger partial charge in [0.25, 0.3) is 10.1 Å². The maximum Gasteiger partial charge on any atom is 0.264 e. The summed E-state index contributed by atoms with van der Waals surface area (Å²) < 4.78 is 35.0. The number of rotatable bonds is 5. The molecule has 1 heterocycles. The van der Waals surface area contributed by atoms with Gasteiger partial charge in [0.15, 0.2) is 0 Å². The van der Waals surface area contributed by atoms with Crippen LogP contribution >= 0.6 is 0 Å². The Hall–Kier alpha value is -1.73. The summed E-state index contributed by atoms with van der Waals surface area (Å²) in [6.45, 7) is 0.167. The molecule has 0 radical (unpaired) electrons. The fourth-order valence-corrected chi connectivity index (χ4v) is 1.99. The molecule has 1 N–H and O–H groups in total. The Kier molecular flexibility index (Phi) is 3.73. The van der Waals surface area contributed by atoms with Gasteiger partial charge in [-0.3, -0.25) is 4.55 Å². The molecule has 1 aromatic heterocycles. The molecular weight excluding hydrogens is 256 g/mol. The first kappa shape index (κ1) is 12.7. The molecule has 1 aromatic carbocycles. The molecule has 2 aromatic rings. The predicted molar refractivity (Wildman–Crippen MR) is 66.1 cm³/mol. The lowest BCUT2D eigenvalue weighted by Crippen LogP contribution is -2.09. The van der Waals surface area contributed by atoms with E-state index >= 15 is 0 Å². The Bertz CT molecular complexity index is 637. The fourth-order valence-electron chi connectivity index (χ4n) is 1.51. The molecule has 0 aliphatic rings. The monoisotopic (exact) mass is 268 g/mol. The van der Waals surface area contributed by atoms with Crippen LogP contribution < -0.4 is 4.74 Å². The number of hydrogen-bond donors (Lipinski definition) is 1. The summed E-state index contributed by atoms with van der Waals surface area (Å²) in [5.74, 6) is 0.0895. The maximum atomic E-state index is 10.5. The smallest absolute Gasteiger partial charge is 0.264 e. The van der Waals surface area contributed by atoms with Crippen molar-refractivity contribution in [3.05, 3.63) is 30.6 Å². The van der Waals surface area contributed by atoms with E-state index in [4.69, 9.17) is 9.29 Å². The molecule has 0 atom stereocenters. The second-order valence-corrected chi connectivity index (χ2v) is 5.26. The molecular formula is C11H12N2O4S. The van der Waals surface area contributed by atoms with Crippen molar-refractivity contribution in [1.29, 1.82) is 0 Å². The molecule has 0 saturated heterocycles. The van der Waals surface area contributed by atoms with E-state index in [0.29, 0.717) is 5.88 Å². The van der Waals surface area contributed by atoms with Crippen LogP contribution in [0.4, 0.5) is 0 Å². The van der Waals surface area contributed by atoms with Crippen molar-refractivity contribution in [1.82, 2.24) is 9.97 Å². The van der Waals surface area contributed by atoms with Crippen LogP contribution in [0, 0.1) is 0 Å². The fraction of sp³-hybridized carbons (Fsp3) is 0.273. The Morgan fingerprint density at radius 3 is 2.78 bits per heavy atom. The molecule has 0 amide bonds. The van der Waals surface area contributed by atoms with Crippen molar-refractivity contribution in [2.24, 2.45) is 0 Å². The summed E-state index contributed by atoms with van der Waals surface area (Å²) in [6, 6.07) is 7.36. The van der Waals surface area contributed by atoms with Crippen molar-refractivity contribution in [3.63, 3.8) is 0 Å². The largest absolute Gasteiger partial charge is 0.477 e. The number of nitrogens with zero attached hydrogens (tertiary/aromatic N) is 2. The zero-order chi connectivity index (χ0) is 13.0. The molecule has 0 saturated carbocycles. The van der Waals surface area contributed by atoms with Crippen LogP contribution in [0.25, 0.3) is 10.9 Å². The number of fused-ring (bicyclic) bond motifs is 1. The molecule has 0 fully saturated rings. The summed E-state index contributed by atoms with van der Waals surface area (Å²) in [5, 5.41) is 0.770. The van der Waals surface area contributed by atoms with Gasteiger partial charge in [-0.2, -0.15) is 8.42 Å². The van der Waals surface area contributed by atoms with E-state index in [0.717, 1.165) is 10.9 Å². The Balaban J connectivity index is 2.04. The SMILES string of the molecule is O=S(=O)(O)CCCOc1ncnc2ccccc12. The van der Waals surface area contributed by atoms with Crippen LogP contribution in [-0.2, 0) is 10.1 Å². The Morgan fingerprint density at radius 2 is 2.00 bits per heavy atom. The van der Waals surface area contributed by atoms with Crippen LogP contribution in [0.1, 0.15) is 6.42 Å². The van der Waals surface area contributed by atoms with Crippen molar-refractivity contribution >= 4 is 21.0 Å². The van der Waals surface area contributed by atoms with Gasteiger partial charge in [-0.25, -0.2) is 9.97 Å². The molecule has 6 nitrogen and oxygen atoms in total. The highest BCUT2D eigenvalue weighted by atomic mass is 32.2. The minimum atomic E-state index is -3.93. The summed E-state index contributed by atoms with van der Waals surface area (Å²) in [5.41, 5.74) is 0.761. The lowest BCUT2D eigenvalue weighted by Gasteiger charge is -2.06. The van der Waals surface area contributed by atoms with E-state index in [9.17, 15) is 8.42 Å². The Labute approximate surface area is 104 Å². The van der Waals surface area contributed by atoms with E-state index in [1.54, 1.807) is 0 Å². The molecule has 0 unspecified atom stereocenters. The van der Waals surface area contributed by atoms with Gasteiger partial charge in [-0.1, -0.05) is 12.1 Å². The molecule has 96 valence electrons. The van der Waals surface area contributed by atoms with Gasteiger partial charge in [-0.15, -0.1) is 0 Å². The molecule has 2 rings (SSSR count). The highest BCUT2D eigenvalue weighted by molar-refractivity contribution is 7.85. The average Bonchev–Trinajstić information content (AvgIpc) is 2.33. The summed E-state index contributed by atoms with van der Waals surface area (Å²) >= 11 is 0. The normalized spacial score (nSPS) is 11.6. The Morgan fingerprint density at radius 1 is 1.22 bits per heavy atom. The van der Waals surface area contributed by atoms with E-state index in [2.05, 4.69) is 9.97 Å². The number of aromatic nitrogens is 2. The summed E-state index contributed by atoms with van der Waals surface area (Å²) in [7, 11) is -3.93. The molecule has 0 bridgehead atoms. The van der Waals surface area contributed by atoms with E-state index in [-0.39, 0.29) is 18.8 Å². The summed E-state index contributed by atoms with van der Waals surface area (Å²) in [4.78, 5) is 8.08. The van der Waals surface area contributed by atoms with Crippen molar-refractivity contribution in [2.75, 3.05) is 12.4 Å². The van der Waals surface area contributed by atoms with Gasteiger partial charge in [0, 0.05) is 0 Å². The molecule has 18 heavy (non-hydrogen) atoms. The van der Waals surface area contributed by atoms with Gasteiger partial charge < -0.3 is 4.74 Å². The number of ether oxygens (including phenoxy) is 1. The van der Waals surface area contributed by atoms with Crippen molar-refractivity contribution in [2.45, 2.75) is 6.42 Å². The zero-order valence-electron chi connectivity index (χ0n) is 9.48. The second kappa shape index (κ2) is 5.28. The quantitative estimate of drug-likeness (QED) is 0.649. The minimum Gasteiger partial charge on any atom is -0.477 e. The van der Waals surface area contributed by atoms with Gasteiger partial charge in [0.05, 0.1) is 23.3 Å². The summed E-state index contributed by atoms with van der Waals surface area (Å²) in [6.07, 6.45) is 1.59. The van der Waals surface area contributed by atoms with Crippen LogP contribution in [0.2, 0.25) is 0 Å². The third-order valence-corrected chi connectivity index (χ3v) is 3.10. The van der Waals surface area contributed by atoms with Crippen LogP contribution in [0.5, 0.6) is 5.88 Å². The van der Waals surface area contributed by atoms with Crippen LogP contribution in [0.15, 0.2) is 30.6 Å². The third-order valence-electron chi connectivity index (χ3n) is 2.29. The topological polar surface area (TPSA) is 89.4 Å². The van der Waals surface area contributed by atoms with E-state index < -0.39 is 10.1 Å². The highest BCUT2D eigenvalue weighted by Gasteiger charge is 2.06. The average molecular weight is 268 g/mol. The van der Waals surface area contributed by atoms with Gasteiger partial charge in [-0.05, 0) is 18.6 Å². The van der Waals surface area contributed by atoms with Gasteiger partial charge in [0.2, 0.25) is 5.88 Å². The molecule has 0 spiro atoms. The van der Waals surface area contributed by atoms with Crippen LogP contribution in [0.3, 0.4) is 0 Å².